The van der Waals surface area contributed by atoms with Crippen molar-refractivity contribution in [2.75, 3.05) is 38.3 Å². The summed E-state index contributed by atoms with van der Waals surface area (Å²) in [6.07, 6.45) is 0. The van der Waals surface area contributed by atoms with Gasteiger partial charge in [0.2, 0.25) is 11.7 Å². The predicted molar refractivity (Wildman–Crippen MR) is 95.3 cm³/mol. The highest BCUT2D eigenvalue weighted by atomic mass is 16.5. The van der Waals surface area contributed by atoms with Crippen LogP contribution in [0.1, 0.15) is 21.8 Å². The van der Waals surface area contributed by atoms with Gasteiger partial charge < -0.3 is 19.0 Å². The number of carbonyl (C=O) groups excluding carboxylic acids is 1. The van der Waals surface area contributed by atoms with E-state index < -0.39 is 0 Å². The monoisotopic (exact) mass is 355 g/mol. The lowest BCUT2D eigenvalue weighted by Crippen LogP contribution is -2.37. The van der Waals surface area contributed by atoms with Gasteiger partial charge in [-0.3, -0.25) is 4.79 Å². The topological polar surface area (TPSA) is 76.1 Å². The maximum atomic E-state index is 12.8. The first-order valence-electron chi connectivity index (χ1n) is 8.62. The van der Waals surface area contributed by atoms with Gasteiger partial charge in [0.05, 0.1) is 18.9 Å². The van der Waals surface area contributed by atoms with E-state index in [9.17, 15) is 4.79 Å². The van der Waals surface area contributed by atoms with Crippen molar-refractivity contribution in [3.05, 3.63) is 47.3 Å². The minimum Gasteiger partial charge on any atom is -0.416 e. The van der Waals surface area contributed by atoms with Gasteiger partial charge in [-0.1, -0.05) is 30.3 Å². The van der Waals surface area contributed by atoms with E-state index in [-0.39, 0.29) is 11.7 Å². The third-order valence-electron chi connectivity index (χ3n) is 4.50. The number of hydrogen-bond donors (Lipinski definition) is 0. The van der Waals surface area contributed by atoms with E-state index in [4.69, 9.17) is 9.15 Å². The van der Waals surface area contributed by atoms with Gasteiger partial charge in [-0.15, -0.1) is 5.10 Å². The first kappa shape index (κ1) is 16.6. The summed E-state index contributed by atoms with van der Waals surface area (Å²) in [6, 6.07) is 9.84. The molecule has 0 radical (unpaired) electrons. The Kier molecular flexibility index (Phi) is 4.34. The van der Waals surface area contributed by atoms with Crippen molar-refractivity contribution in [1.29, 1.82) is 0 Å². The number of anilines is 1. The number of rotatable bonds is 4. The number of carbonyl (C=O) groups is 1. The van der Waals surface area contributed by atoms with Crippen LogP contribution < -0.4 is 4.90 Å². The molecule has 0 N–H and O–H groups in total. The Morgan fingerprint density at radius 1 is 1.23 bits per heavy atom. The molecule has 8 heteroatoms. The number of aryl methyl sites for hydroxylation is 1. The molecule has 1 aromatic carbocycles. The quantitative estimate of drug-likeness (QED) is 0.710. The molecule has 1 aliphatic rings. The summed E-state index contributed by atoms with van der Waals surface area (Å²) < 4.78 is 12.7. The molecule has 1 amide bonds. The van der Waals surface area contributed by atoms with Crippen molar-refractivity contribution in [2.24, 2.45) is 0 Å². The fourth-order valence-electron chi connectivity index (χ4n) is 3.03. The van der Waals surface area contributed by atoms with E-state index in [0.717, 1.165) is 18.7 Å². The van der Waals surface area contributed by atoms with E-state index in [1.807, 2.05) is 37.3 Å². The lowest BCUT2D eigenvalue weighted by Gasteiger charge is -2.25. The Morgan fingerprint density at radius 2 is 1.96 bits per heavy atom. The van der Waals surface area contributed by atoms with Crippen LogP contribution in [0.2, 0.25) is 0 Å². The summed E-state index contributed by atoms with van der Waals surface area (Å²) in [5.41, 5.74) is 1.71. The Hall–Kier alpha value is -2.87. The molecule has 0 spiro atoms. The molecule has 0 unspecified atom stereocenters. The smallest absolute Gasteiger partial charge is 0.327 e. The van der Waals surface area contributed by atoms with Crippen LogP contribution in [0.3, 0.4) is 0 Å². The molecule has 0 bridgehead atoms. The number of oxazole rings is 1. The SMILES string of the molecule is Cc1c(C(=O)N(C)Cc2ccccc2)oc2nc(N3CCOCC3)nn12. The molecule has 4 rings (SSSR count). The maximum Gasteiger partial charge on any atom is 0.327 e. The summed E-state index contributed by atoms with van der Waals surface area (Å²) in [7, 11) is 1.76. The van der Waals surface area contributed by atoms with Crippen molar-refractivity contribution in [3.63, 3.8) is 0 Å². The third-order valence-corrected chi connectivity index (χ3v) is 4.50. The maximum absolute atomic E-state index is 12.8. The van der Waals surface area contributed by atoms with E-state index in [1.54, 1.807) is 16.5 Å². The molecule has 1 fully saturated rings. The van der Waals surface area contributed by atoms with Crippen molar-refractivity contribution >= 4 is 17.7 Å². The number of aromatic nitrogens is 3. The molecule has 3 heterocycles. The van der Waals surface area contributed by atoms with Gasteiger partial charge in [0, 0.05) is 26.7 Å². The van der Waals surface area contributed by atoms with E-state index in [1.165, 1.54) is 0 Å². The van der Waals surface area contributed by atoms with Crippen LogP contribution >= 0.6 is 0 Å². The number of ether oxygens (including phenoxy) is 1. The van der Waals surface area contributed by atoms with Crippen LogP contribution in [0.15, 0.2) is 34.7 Å². The highest BCUT2D eigenvalue weighted by Crippen LogP contribution is 2.20. The molecule has 1 saturated heterocycles. The summed E-state index contributed by atoms with van der Waals surface area (Å²) >= 11 is 0. The van der Waals surface area contributed by atoms with Crippen molar-refractivity contribution in [2.45, 2.75) is 13.5 Å². The van der Waals surface area contributed by atoms with Crippen LogP contribution in [0.25, 0.3) is 5.84 Å². The molecule has 8 nitrogen and oxygen atoms in total. The summed E-state index contributed by atoms with van der Waals surface area (Å²) in [5, 5.41) is 4.49. The second-order valence-corrected chi connectivity index (χ2v) is 6.37. The van der Waals surface area contributed by atoms with Crippen LogP contribution in [-0.2, 0) is 11.3 Å². The molecule has 0 aliphatic carbocycles. The second kappa shape index (κ2) is 6.80. The highest BCUT2D eigenvalue weighted by molar-refractivity contribution is 5.92. The van der Waals surface area contributed by atoms with Crippen LogP contribution in [0, 0.1) is 6.92 Å². The third kappa shape index (κ3) is 3.03. The standard InChI is InChI=1S/C18H21N5O3/c1-13-15(16(24)21(2)12-14-6-4-3-5-7-14)26-18-19-17(20-23(13)18)22-8-10-25-11-9-22/h3-7H,8-12H2,1-2H3. The van der Waals surface area contributed by atoms with E-state index in [2.05, 4.69) is 15.0 Å². The molecular formula is C18H21N5O3. The normalized spacial score (nSPS) is 14.8. The van der Waals surface area contributed by atoms with Crippen molar-refractivity contribution in [1.82, 2.24) is 19.5 Å². The Morgan fingerprint density at radius 3 is 2.65 bits per heavy atom. The van der Waals surface area contributed by atoms with Gasteiger partial charge >= 0.3 is 5.84 Å². The van der Waals surface area contributed by atoms with E-state index >= 15 is 0 Å². The molecule has 136 valence electrons. The van der Waals surface area contributed by atoms with Gasteiger partial charge in [-0.05, 0) is 12.5 Å². The Bertz CT molecular complexity index is 912. The molecule has 26 heavy (non-hydrogen) atoms. The number of fused-ring (bicyclic) bond motifs is 1. The fourth-order valence-corrected chi connectivity index (χ4v) is 3.03. The van der Waals surface area contributed by atoms with Gasteiger partial charge in [0.1, 0.15) is 0 Å². The first-order valence-corrected chi connectivity index (χ1v) is 8.62. The van der Waals surface area contributed by atoms with Crippen LogP contribution in [-0.4, -0.2) is 58.8 Å². The number of morpholine rings is 1. The fraction of sp³-hybridized carbons (Fsp3) is 0.389. The Balaban J connectivity index is 1.55. The van der Waals surface area contributed by atoms with Crippen LogP contribution in [0.5, 0.6) is 0 Å². The molecule has 1 aliphatic heterocycles. The van der Waals surface area contributed by atoms with Gasteiger partial charge in [-0.25, -0.2) is 0 Å². The Labute approximate surface area is 151 Å². The number of amides is 1. The minimum atomic E-state index is -0.188. The predicted octanol–water partition coefficient (Wildman–Crippen LogP) is 1.74. The number of hydrogen-bond acceptors (Lipinski definition) is 6. The zero-order valence-electron chi connectivity index (χ0n) is 14.9. The zero-order chi connectivity index (χ0) is 18.1. The zero-order valence-corrected chi connectivity index (χ0v) is 14.9. The van der Waals surface area contributed by atoms with Gasteiger partial charge in [0.25, 0.3) is 5.91 Å². The highest BCUT2D eigenvalue weighted by Gasteiger charge is 2.25. The van der Waals surface area contributed by atoms with Crippen molar-refractivity contribution in [3.8, 4) is 0 Å². The first-order chi connectivity index (χ1) is 12.6. The summed E-state index contributed by atoms with van der Waals surface area (Å²) in [6.45, 7) is 5.14. The number of benzene rings is 1. The minimum absolute atomic E-state index is 0.188. The summed E-state index contributed by atoms with van der Waals surface area (Å²) in [5.74, 6) is 1.02. The molecule has 0 atom stereocenters. The average molecular weight is 355 g/mol. The van der Waals surface area contributed by atoms with Gasteiger partial charge in [0.15, 0.2) is 0 Å². The molecule has 0 saturated carbocycles. The van der Waals surface area contributed by atoms with Crippen LogP contribution in [0.4, 0.5) is 5.95 Å². The summed E-state index contributed by atoms with van der Waals surface area (Å²) in [4.78, 5) is 20.9. The molecule has 3 aromatic rings. The average Bonchev–Trinajstić information content (AvgIpc) is 3.22. The molecular weight excluding hydrogens is 334 g/mol. The largest absolute Gasteiger partial charge is 0.416 e. The lowest BCUT2D eigenvalue weighted by molar-refractivity contribution is 0.0754. The van der Waals surface area contributed by atoms with E-state index in [0.29, 0.717) is 37.2 Å². The van der Waals surface area contributed by atoms with Crippen molar-refractivity contribution < 1.29 is 13.9 Å². The molecule has 2 aromatic heterocycles. The number of nitrogens with zero attached hydrogens (tertiary/aromatic N) is 5. The van der Waals surface area contributed by atoms with Gasteiger partial charge in [-0.2, -0.15) is 9.50 Å². The second-order valence-electron chi connectivity index (χ2n) is 6.37. The lowest BCUT2D eigenvalue weighted by atomic mass is 10.2.